The molecule has 3 aromatic carbocycles. The first-order valence-corrected chi connectivity index (χ1v) is 12.8. The van der Waals surface area contributed by atoms with Crippen LogP contribution in [0, 0.1) is 12.8 Å². The van der Waals surface area contributed by atoms with E-state index in [0.717, 1.165) is 28.8 Å². The second-order valence-corrected chi connectivity index (χ2v) is 10.8. The number of halogens is 1. The predicted octanol–water partition coefficient (Wildman–Crippen LogP) is 5.97. The lowest BCUT2D eigenvalue weighted by atomic mass is 9.77. The Morgan fingerprint density at radius 3 is 2.59 bits per heavy atom. The van der Waals surface area contributed by atoms with Crippen molar-refractivity contribution in [2.45, 2.75) is 30.2 Å². The van der Waals surface area contributed by atoms with E-state index in [4.69, 9.17) is 11.6 Å². The molecule has 34 heavy (non-hydrogen) atoms. The third-order valence-corrected chi connectivity index (χ3v) is 8.20. The Kier molecular flexibility index (Phi) is 5.62. The van der Waals surface area contributed by atoms with Crippen molar-refractivity contribution in [2.75, 3.05) is 10.0 Å². The van der Waals surface area contributed by atoms with Crippen LogP contribution in [0.1, 0.15) is 45.4 Å². The number of fused-ring (bicyclic) bond motifs is 3. The van der Waals surface area contributed by atoms with Gasteiger partial charge in [0, 0.05) is 16.6 Å². The van der Waals surface area contributed by atoms with Gasteiger partial charge >= 0.3 is 5.97 Å². The van der Waals surface area contributed by atoms with Gasteiger partial charge in [-0.2, -0.15) is 0 Å². The van der Waals surface area contributed by atoms with E-state index < -0.39 is 16.0 Å². The van der Waals surface area contributed by atoms with Crippen LogP contribution in [-0.4, -0.2) is 19.5 Å². The zero-order valence-corrected chi connectivity index (χ0v) is 19.9. The minimum Gasteiger partial charge on any atom is -0.478 e. The average molecular weight is 495 g/mol. The quantitative estimate of drug-likeness (QED) is 0.379. The number of carboxylic acids is 1. The first-order chi connectivity index (χ1) is 16.2. The Morgan fingerprint density at radius 1 is 1.09 bits per heavy atom. The van der Waals surface area contributed by atoms with Crippen LogP contribution in [0.25, 0.3) is 0 Å². The van der Waals surface area contributed by atoms with Gasteiger partial charge in [0.2, 0.25) is 0 Å². The van der Waals surface area contributed by atoms with Crippen LogP contribution in [0.3, 0.4) is 0 Å². The van der Waals surface area contributed by atoms with Crippen LogP contribution < -0.4 is 10.0 Å². The van der Waals surface area contributed by atoms with Crippen molar-refractivity contribution in [1.29, 1.82) is 0 Å². The molecular formula is C26H23ClN2O4S. The smallest absolute Gasteiger partial charge is 0.335 e. The molecule has 6 nitrogen and oxygen atoms in total. The molecule has 3 aromatic rings. The summed E-state index contributed by atoms with van der Waals surface area (Å²) in [5, 5.41) is 13.2. The monoisotopic (exact) mass is 494 g/mol. The Bertz CT molecular complexity index is 1420. The summed E-state index contributed by atoms with van der Waals surface area (Å²) in [7, 11) is -3.81. The predicted molar refractivity (Wildman–Crippen MR) is 133 cm³/mol. The van der Waals surface area contributed by atoms with Gasteiger partial charge in [-0.3, -0.25) is 4.72 Å². The summed E-state index contributed by atoms with van der Waals surface area (Å²) in [5.74, 6) is -0.697. The largest absolute Gasteiger partial charge is 0.478 e. The Balaban J connectivity index is 1.47. The summed E-state index contributed by atoms with van der Waals surface area (Å²) in [5.41, 5.74) is 4.29. The molecule has 3 N–H and O–H groups in total. The molecule has 0 saturated carbocycles. The number of hydrogen-bond donors (Lipinski definition) is 3. The van der Waals surface area contributed by atoms with E-state index in [1.54, 1.807) is 48.5 Å². The molecule has 0 radical (unpaired) electrons. The number of sulfonamides is 1. The first-order valence-electron chi connectivity index (χ1n) is 10.9. The van der Waals surface area contributed by atoms with Crippen molar-refractivity contribution < 1.29 is 18.3 Å². The van der Waals surface area contributed by atoms with Gasteiger partial charge in [0.05, 0.1) is 22.2 Å². The molecule has 0 fully saturated rings. The van der Waals surface area contributed by atoms with Crippen LogP contribution in [-0.2, 0) is 10.0 Å². The summed E-state index contributed by atoms with van der Waals surface area (Å²) in [4.78, 5) is 11.4. The highest BCUT2D eigenvalue weighted by atomic mass is 35.5. The summed E-state index contributed by atoms with van der Waals surface area (Å²) in [6, 6.07) is 17.1. The molecule has 0 saturated heterocycles. The number of aryl methyl sites for hydroxylation is 1. The van der Waals surface area contributed by atoms with Crippen molar-refractivity contribution >= 4 is 39.0 Å². The van der Waals surface area contributed by atoms with Gasteiger partial charge in [-0.05, 0) is 78.4 Å². The molecule has 2 unspecified atom stereocenters. The maximum Gasteiger partial charge on any atom is 0.335 e. The van der Waals surface area contributed by atoms with Crippen molar-refractivity contribution in [2.24, 2.45) is 5.92 Å². The second kappa shape index (κ2) is 8.49. The van der Waals surface area contributed by atoms with Crippen LogP contribution in [0.5, 0.6) is 0 Å². The van der Waals surface area contributed by atoms with Gasteiger partial charge in [0.15, 0.2) is 0 Å². The minimum atomic E-state index is -3.81. The molecule has 2 aliphatic rings. The Labute approximate surface area is 203 Å². The summed E-state index contributed by atoms with van der Waals surface area (Å²) in [6.07, 6.45) is 5.10. The maximum absolute atomic E-state index is 13.2. The number of hydrogen-bond acceptors (Lipinski definition) is 4. The van der Waals surface area contributed by atoms with Crippen LogP contribution in [0.2, 0.25) is 5.02 Å². The Morgan fingerprint density at radius 2 is 1.85 bits per heavy atom. The number of anilines is 2. The zero-order chi connectivity index (χ0) is 24.0. The number of rotatable bonds is 5. The van der Waals surface area contributed by atoms with Crippen LogP contribution in [0.15, 0.2) is 77.7 Å². The van der Waals surface area contributed by atoms with E-state index in [1.807, 2.05) is 19.1 Å². The van der Waals surface area contributed by atoms with E-state index in [0.29, 0.717) is 10.7 Å². The molecule has 174 valence electrons. The molecule has 0 bridgehead atoms. The van der Waals surface area contributed by atoms with Crippen LogP contribution >= 0.6 is 11.6 Å². The lowest BCUT2D eigenvalue weighted by Gasteiger charge is -2.37. The van der Waals surface area contributed by atoms with Gasteiger partial charge in [-0.15, -0.1) is 0 Å². The summed E-state index contributed by atoms with van der Waals surface area (Å²) >= 11 is 6.06. The van der Waals surface area contributed by atoms with Crippen molar-refractivity contribution in [3.63, 3.8) is 0 Å². The van der Waals surface area contributed by atoms with Gasteiger partial charge in [0.1, 0.15) is 0 Å². The molecule has 0 aromatic heterocycles. The fourth-order valence-electron chi connectivity index (χ4n) is 4.81. The minimum absolute atomic E-state index is 0.00922. The fourth-order valence-corrected chi connectivity index (χ4v) is 6.14. The normalized spacial score (nSPS) is 20.8. The standard InChI is InChI=1S/C26H23ClN2O4S/c1-15-5-10-18(27)13-24(15)29-34(32,33)19-11-12-23-22(14-19)20-3-2-4-21(20)25(28-23)16-6-8-17(9-7-16)26(30)31/h2-3,5-14,20-21,25,28-29H,4H2,1H3,(H,30,31)/t20?,21?,25-/m1/s1. The molecule has 5 rings (SSSR count). The zero-order valence-electron chi connectivity index (χ0n) is 18.3. The molecule has 0 amide bonds. The third kappa shape index (κ3) is 4.06. The average Bonchev–Trinajstić information content (AvgIpc) is 3.31. The number of aromatic carboxylic acids is 1. The summed E-state index contributed by atoms with van der Waals surface area (Å²) in [6.45, 7) is 1.82. The lowest BCUT2D eigenvalue weighted by molar-refractivity contribution is 0.0697. The van der Waals surface area contributed by atoms with Gasteiger partial charge in [0.25, 0.3) is 10.0 Å². The van der Waals surface area contributed by atoms with Gasteiger partial charge in [-0.25, -0.2) is 13.2 Å². The molecule has 1 aliphatic heterocycles. The van der Waals surface area contributed by atoms with E-state index in [1.165, 1.54) is 0 Å². The van der Waals surface area contributed by atoms with Crippen LogP contribution in [0.4, 0.5) is 11.4 Å². The van der Waals surface area contributed by atoms with E-state index >= 15 is 0 Å². The van der Waals surface area contributed by atoms with Gasteiger partial charge < -0.3 is 10.4 Å². The number of nitrogens with one attached hydrogen (secondary N) is 2. The number of allylic oxidation sites excluding steroid dienone is 2. The highest BCUT2D eigenvalue weighted by Crippen LogP contribution is 2.50. The van der Waals surface area contributed by atoms with E-state index in [2.05, 4.69) is 22.2 Å². The molecule has 1 heterocycles. The second-order valence-electron chi connectivity index (χ2n) is 8.72. The summed E-state index contributed by atoms with van der Waals surface area (Å²) < 4.78 is 29.0. The molecule has 0 spiro atoms. The maximum atomic E-state index is 13.2. The van der Waals surface area contributed by atoms with Crippen molar-refractivity contribution in [3.05, 3.63) is 100 Å². The SMILES string of the molecule is Cc1ccc(Cl)cc1NS(=O)(=O)c1ccc2c(c1)C1C=CCC1[C@@H](c1ccc(C(=O)O)cc1)N2. The highest BCUT2D eigenvalue weighted by Gasteiger charge is 2.38. The molecule has 3 atom stereocenters. The number of carboxylic acid groups (broad SMARTS) is 1. The van der Waals surface area contributed by atoms with Crippen molar-refractivity contribution in [1.82, 2.24) is 0 Å². The topological polar surface area (TPSA) is 95.5 Å². The first kappa shape index (κ1) is 22.5. The van der Waals surface area contributed by atoms with Gasteiger partial charge in [-0.1, -0.05) is 42.0 Å². The van der Waals surface area contributed by atoms with E-state index in [9.17, 15) is 18.3 Å². The Hall–Kier alpha value is -3.29. The molecular weight excluding hydrogens is 472 g/mol. The molecule has 8 heteroatoms. The van der Waals surface area contributed by atoms with E-state index in [-0.39, 0.29) is 28.3 Å². The fraction of sp³-hybridized carbons (Fsp3) is 0.192. The highest BCUT2D eigenvalue weighted by molar-refractivity contribution is 7.92. The number of carbonyl (C=O) groups is 1. The third-order valence-electron chi connectivity index (χ3n) is 6.61. The van der Waals surface area contributed by atoms with Crippen molar-refractivity contribution in [3.8, 4) is 0 Å². The molecule has 1 aliphatic carbocycles. The lowest BCUT2D eigenvalue weighted by Crippen LogP contribution is -2.29. The number of benzene rings is 3.